The zero-order valence-electron chi connectivity index (χ0n) is 19.5. The number of hydrogen-bond donors (Lipinski definition) is 3. The highest BCUT2D eigenvalue weighted by Crippen LogP contribution is 2.34. The molecule has 0 bridgehead atoms. The first kappa shape index (κ1) is 21.8. The molecular formula is C27H21F2N7. The van der Waals surface area contributed by atoms with Crippen LogP contribution in [0.15, 0.2) is 67.1 Å². The Kier molecular flexibility index (Phi) is 5.18. The van der Waals surface area contributed by atoms with E-state index in [0.717, 1.165) is 16.8 Å². The van der Waals surface area contributed by atoms with Crippen LogP contribution in [0, 0.1) is 11.6 Å². The summed E-state index contributed by atoms with van der Waals surface area (Å²) in [6.07, 6.45) is 5.01. The van der Waals surface area contributed by atoms with E-state index < -0.39 is 0 Å². The lowest BCUT2D eigenvalue weighted by Crippen LogP contribution is -2.09. The summed E-state index contributed by atoms with van der Waals surface area (Å²) in [5, 5.41) is 11.3. The van der Waals surface area contributed by atoms with E-state index in [4.69, 9.17) is 0 Å². The minimum Gasteiger partial charge on any atom is -0.382 e. The van der Waals surface area contributed by atoms with Gasteiger partial charge in [-0.15, -0.1) is 0 Å². The van der Waals surface area contributed by atoms with Crippen molar-refractivity contribution in [3.8, 4) is 33.8 Å². The Morgan fingerprint density at radius 1 is 0.917 bits per heavy atom. The number of fused-ring (bicyclic) bond motifs is 2. The standard InChI is InChI=1S/C27H21F2N7/c1-14(2)32-18-9-16(12-30-13-18)20-10-21-23(11-22(20)29)35-36-25(21)27-33-24-19(7-8-31-26(24)34-27)15-3-5-17(28)6-4-15/h3-14,32H,1-2H3,(H,35,36)(H,31,33,34). The van der Waals surface area contributed by atoms with Crippen molar-refractivity contribution in [1.82, 2.24) is 30.1 Å². The zero-order chi connectivity index (χ0) is 24.8. The lowest BCUT2D eigenvalue weighted by Gasteiger charge is -2.11. The van der Waals surface area contributed by atoms with Crippen LogP contribution in [0.4, 0.5) is 14.5 Å². The fourth-order valence-corrected chi connectivity index (χ4v) is 4.33. The van der Waals surface area contributed by atoms with Crippen LogP contribution in [0.5, 0.6) is 0 Å². The Morgan fingerprint density at radius 3 is 2.56 bits per heavy atom. The van der Waals surface area contributed by atoms with Crippen LogP contribution < -0.4 is 5.32 Å². The molecular weight excluding hydrogens is 460 g/mol. The van der Waals surface area contributed by atoms with E-state index in [1.165, 1.54) is 18.2 Å². The second kappa shape index (κ2) is 8.53. The summed E-state index contributed by atoms with van der Waals surface area (Å²) < 4.78 is 28.5. The van der Waals surface area contributed by atoms with Crippen LogP contribution in [0.2, 0.25) is 0 Å². The smallest absolute Gasteiger partial charge is 0.178 e. The molecule has 3 N–H and O–H groups in total. The van der Waals surface area contributed by atoms with Crippen molar-refractivity contribution < 1.29 is 8.78 Å². The molecule has 0 aliphatic carbocycles. The van der Waals surface area contributed by atoms with Crippen LogP contribution in [-0.2, 0) is 0 Å². The lowest BCUT2D eigenvalue weighted by molar-refractivity contribution is 0.628. The summed E-state index contributed by atoms with van der Waals surface area (Å²) in [7, 11) is 0. The minimum absolute atomic E-state index is 0.219. The molecule has 0 unspecified atom stereocenters. The zero-order valence-corrected chi connectivity index (χ0v) is 19.5. The number of aromatic nitrogens is 6. The maximum atomic E-state index is 15.1. The Bertz CT molecular complexity index is 1720. The topological polar surface area (TPSA) is 95.2 Å². The molecule has 36 heavy (non-hydrogen) atoms. The molecule has 0 atom stereocenters. The third-order valence-corrected chi connectivity index (χ3v) is 5.93. The van der Waals surface area contributed by atoms with Crippen molar-refractivity contribution in [2.24, 2.45) is 0 Å². The third-order valence-electron chi connectivity index (χ3n) is 5.93. The van der Waals surface area contributed by atoms with Gasteiger partial charge in [-0.25, -0.2) is 18.7 Å². The van der Waals surface area contributed by atoms with Crippen molar-refractivity contribution in [3.05, 3.63) is 78.8 Å². The molecule has 4 aromatic heterocycles. The number of imidazole rings is 1. The SMILES string of the molecule is CC(C)Nc1cncc(-c2cc3c(-c4nc5nccc(-c6ccc(F)cc6)c5[nH]4)n[nH]c3cc2F)c1. The summed E-state index contributed by atoms with van der Waals surface area (Å²) in [5.41, 5.74) is 5.83. The molecule has 0 amide bonds. The number of hydrogen-bond acceptors (Lipinski definition) is 5. The summed E-state index contributed by atoms with van der Waals surface area (Å²) >= 11 is 0. The number of halogens is 2. The Hall–Kier alpha value is -4.66. The van der Waals surface area contributed by atoms with Crippen LogP contribution in [0.25, 0.3) is 55.8 Å². The number of H-pyrrole nitrogens is 2. The van der Waals surface area contributed by atoms with E-state index in [1.54, 1.807) is 36.8 Å². The van der Waals surface area contributed by atoms with Gasteiger partial charge in [-0.3, -0.25) is 10.1 Å². The Balaban J connectivity index is 1.47. The molecule has 178 valence electrons. The largest absolute Gasteiger partial charge is 0.382 e. The first-order chi connectivity index (χ1) is 17.5. The van der Waals surface area contributed by atoms with Gasteiger partial charge >= 0.3 is 0 Å². The van der Waals surface area contributed by atoms with Crippen molar-refractivity contribution in [3.63, 3.8) is 0 Å². The van der Waals surface area contributed by atoms with Gasteiger partial charge in [0.25, 0.3) is 0 Å². The third kappa shape index (κ3) is 3.84. The minimum atomic E-state index is -0.383. The van der Waals surface area contributed by atoms with E-state index in [1.807, 2.05) is 26.0 Å². The fraction of sp³-hybridized carbons (Fsp3) is 0.111. The molecule has 6 aromatic rings. The number of rotatable bonds is 5. The van der Waals surface area contributed by atoms with Gasteiger partial charge in [0, 0.05) is 52.8 Å². The van der Waals surface area contributed by atoms with Gasteiger partial charge in [0.15, 0.2) is 11.5 Å². The second-order valence-corrected chi connectivity index (χ2v) is 8.86. The van der Waals surface area contributed by atoms with Crippen LogP contribution >= 0.6 is 0 Å². The quantitative estimate of drug-likeness (QED) is 0.268. The predicted molar refractivity (Wildman–Crippen MR) is 136 cm³/mol. The van der Waals surface area contributed by atoms with Crippen LogP contribution in [-0.4, -0.2) is 36.2 Å². The van der Waals surface area contributed by atoms with Gasteiger partial charge in [-0.2, -0.15) is 5.10 Å². The van der Waals surface area contributed by atoms with Crippen molar-refractivity contribution in [2.75, 3.05) is 5.32 Å². The van der Waals surface area contributed by atoms with Crippen LogP contribution in [0.3, 0.4) is 0 Å². The number of pyridine rings is 2. The van der Waals surface area contributed by atoms with Crippen molar-refractivity contribution in [1.29, 1.82) is 0 Å². The van der Waals surface area contributed by atoms with E-state index in [2.05, 4.69) is 35.5 Å². The summed E-state index contributed by atoms with van der Waals surface area (Å²) in [4.78, 5) is 16.6. The molecule has 0 fully saturated rings. The number of benzene rings is 2. The van der Waals surface area contributed by atoms with Gasteiger partial charge in [-0.05, 0) is 49.7 Å². The average molecular weight is 482 g/mol. The van der Waals surface area contributed by atoms with Gasteiger partial charge in [-0.1, -0.05) is 12.1 Å². The molecule has 0 aliphatic rings. The van der Waals surface area contributed by atoms with E-state index in [9.17, 15) is 4.39 Å². The van der Waals surface area contributed by atoms with Crippen molar-refractivity contribution >= 4 is 27.8 Å². The second-order valence-electron chi connectivity index (χ2n) is 8.86. The molecule has 4 heterocycles. The molecule has 0 saturated carbocycles. The Labute approximate surface area is 204 Å². The maximum absolute atomic E-state index is 15.1. The molecule has 7 nitrogen and oxygen atoms in total. The van der Waals surface area contributed by atoms with Gasteiger partial charge in [0.2, 0.25) is 0 Å². The fourth-order valence-electron chi connectivity index (χ4n) is 4.33. The number of aromatic amines is 2. The normalized spacial score (nSPS) is 11.6. The predicted octanol–water partition coefficient (Wildman–Crippen LogP) is 6.33. The highest BCUT2D eigenvalue weighted by atomic mass is 19.1. The molecule has 0 saturated heterocycles. The molecule has 0 radical (unpaired) electrons. The lowest BCUT2D eigenvalue weighted by atomic mass is 10.0. The first-order valence-electron chi connectivity index (χ1n) is 11.5. The highest BCUT2D eigenvalue weighted by molar-refractivity contribution is 5.97. The first-order valence-corrected chi connectivity index (χ1v) is 11.5. The highest BCUT2D eigenvalue weighted by Gasteiger charge is 2.18. The monoisotopic (exact) mass is 481 g/mol. The molecule has 6 rings (SSSR count). The van der Waals surface area contributed by atoms with Crippen LogP contribution in [0.1, 0.15) is 13.8 Å². The summed E-state index contributed by atoms with van der Waals surface area (Å²) in [6.45, 7) is 4.06. The number of nitrogens with one attached hydrogen (secondary N) is 3. The van der Waals surface area contributed by atoms with Crippen molar-refractivity contribution in [2.45, 2.75) is 19.9 Å². The molecule has 0 aliphatic heterocycles. The Morgan fingerprint density at radius 2 is 1.75 bits per heavy atom. The van der Waals surface area contributed by atoms with Gasteiger partial charge in [0.1, 0.15) is 17.3 Å². The van der Waals surface area contributed by atoms with Gasteiger partial charge in [0.05, 0.1) is 16.7 Å². The summed E-state index contributed by atoms with van der Waals surface area (Å²) in [6, 6.07) is 13.4. The number of nitrogens with zero attached hydrogens (tertiary/aromatic N) is 4. The van der Waals surface area contributed by atoms with E-state index >= 15 is 4.39 Å². The maximum Gasteiger partial charge on any atom is 0.178 e. The van der Waals surface area contributed by atoms with E-state index in [0.29, 0.717) is 44.7 Å². The molecule has 0 spiro atoms. The average Bonchev–Trinajstić information content (AvgIpc) is 3.47. The number of anilines is 1. The molecule has 9 heteroatoms. The molecule has 2 aromatic carbocycles. The van der Waals surface area contributed by atoms with E-state index in [-0.39, 0.29) is 17.7 Å². The summed E-state index contributed by atoms with van der Waals surface area (Å²) in [5.74, 6) is -0.198. The van der Waals surface area contributed by atoms with Gasteiger partial charge < -0.3 is 10.3 Å².